The van der Waals surface area contributed by atoms with Crippen LogP contribution in [0.3, 0.4) is 0 Å². The van der Waals surface area contributed by atoms with E-state index in [0.29, 0.717) is 5.69 Å². The van der Waals surface area contributed by atoms with Gasteiger partial charge in [-0.2, -0.15) is 0 Å². The van der Waals surface area contributed by atoms with Gasteiger partial charge in [-0.05, 0) is 23.3 Å². The zero-order chi connectivity index (χ0) is 17.1. The van der Waals surface area contributed by atoms with Gasteiger partial charge in [0.05, 0.1) is 5.69 Å². The number of hydrogen-bond donors (Lipinski definition) is 2. The molecule has 6 heteroatoms. The number of aliphatic imine (C=N–C) groups is 1. The third-order valence-electron chi connectivity index (χ3n) is 3.65. The van der Waals surface area contributed by atoms with Gasteiger partial charge in [-0.25, -0.2) is 4.79 Å². The zero-order valence-electron chi connectivity index (χ0n) is 12.9. The Kier molecular flexibility index (Phi) is 4.11. The van der Waals surface area contributed by atoms with E-state index >= 15 is 0 Å². The number of H-pyrrole nitrogens is 1. The van der Waals surface area contributed by atoms with Crippen LogP contribution in [0, 0.1) is 0 Å². The first-order chi connectivity index (χ1) is 11.6. The molecule has 0 aliphatic heterocycles. The fourth-order valence-electron chi connectivity index (χ4n) is 2.25. The minimum atomic E-state index is -0.680. The lowest BCUT2D eigenvalue weighted by atomic mass is 10.1. The molecule has 0 spiro atoms. The molecular formula is C18H15N3O3. The number of rotatable bonds is 3. The van der Waals surface area contributed by atoms with E-state index in [0.717, 1.165) is 15.7 Å². The molecule has 0 saturated carbocycles. The van der Waals surface area contributed by atoms with Gasteiger partial charge in [-0.15, -0.1) is 0 Å². The number of aromatic nitrogens is 2. The van der Waals surface area contributed by atoms with Crippen LogP contribution in [0.1, 0.15) is 5.56 Å². The summed E-state index contributed by atoms with van der Waals surface area (Å²) in [4.78, 5) is 29.4. The molecule has 0 fully saturated rings. The zero-order valence-corrected chi connectivity index (χ0v) is 12.9. The fourth-order valence-corrected chi connectivity index (χ4v) is 2.25. The van der Waals surface area contributed by atoms with Crippen molar-refractivity contribution < 1.29 is 5.11 Å². The number of hydrogen-bond acceptors (Lipinski definition) is 4. The van der Waals surface area contributed by atoms with Gasteiger partial charge in [-0.1, -0.05) is 42.5 Å². The smallest absolute Gasteiger partial charge is 0.330 e. The van der Waals surface area contributed by atoms with Crippen molar-refractivity contribution in [3.8, 4) is 17.0 Å². The van der Waals surface area contributed by atoms with Gasteiger partial charge in [0, 0.05) is 13.3 Å². The predicted molar refractivity (Wildman–Crippen MR) is 93.1 cm³/mol. The van der Waals surface area contributed by atoms with Crippen molar-refractivity contribution in [3.05, 3.63) is 81.0 Å². The lowest BCUT2D eigenvalue weighted by molar-refractivity contribution is 0.417. The Labute approximate surface area is 137 Å². The van der Waals surface area contributed by atoms with Gasteiger partial charge in [-0.3, -0.25) is 19.3 Å². The highest BCUT2D eigenvalue weighted by molar-refractivity contribution is 5.84. The Bertz CT molecular complexity index is 1000. The molecule has 0 aliphatic carbocycles. The largest absolute Gasteiger partial charge is 0.494 e. The molecule has 0 atom stereocenters. The lowest BCUT2D eigenvalue weighted by Gasteiger charge is -2.03. The van der Waals surface area contributed by atoms with Crippen molar-refractivity contribution in [2.45, 2.75) is 0 Å². The number of aromatic hydroxyl groups is 1. The van der Waals surface area contributed by atoms with Gasteiger partial charge < -0.3 is 5.11 Å². The van der Waals surface area contributed by atoms with E-state index in [-0.39, 0.29) is 5.56 Å². The van der Waals surface area contributed by atoms with Gasteiger partial charge in [0.1, 0.15) is 5.56 Å². The van der Waals surface area contributed by atoms with Crippen LogP contribution in [0.4, 0.5) is 5.69 Å². The van der Waals surface area contributed by atoms with Crippen LogP contribution in [0.25, 0.3) is 11.1 Å². The first-order valence-corrected chi connectivity index (χ1v) is 7.28. The SMILES string of the molecule is Cn1c(O)c(C=Nc2ccc(-c3ccccc3)cc2)c(=O)[nH]c1=O. The minimum absolute atomic E-state index is 0.0655. The Morgan fingerprint density at radius 3 is 2.29 bits per heavy atom. The summed E-state index contributed by atoms with van der Waals surface area (Å²) in [5, 5.41) is 9.88. The Morgan fingerprint density at radius 1 is 1.00 bits per heavy atom. The monoisotopic (exact) mass is 321 g/mol. The van der Waals surface area contributed by atoms with E-state index in [2.05, 4.69) is 9.98 Å². The summed E-state index contributed by atoms with van der Waals surface area (Å²) in [7, 11) is 1.36. The summed E-state index contributed by atoms with van der Waals surface area (Å²) in [5.41, 5.74) is 1.35. The van der Waals surface area contributed by atoms with Crippen LogP contribution in [-0.2, 0) is 7.05 Å². The van der Waals surface area contributed by atoms with Crippen LogP contribution >= 0.6 is 0 Å². The molecule has 1 heterocycles. The first kappa shape index (κ1) is 15.5. The van der Waals surface area contributed by atoms with E-state index in [1.807, 2.05) is 54.6 Å². The van der Waals surface area contributed by atoms with Gasteiger partial charge in [0.2, 0.25) is 5.88 Å². The summed E-state index contributed by atoms with van der Waals surface area (Å²) >= 11 is 0. The fraction of sp³-hybridized carbons (Fsp3) is 0.0556. The highest BCUT2D eigenvalue weighted by Gasteiger charge is 2.09. The van der Waals surface area contributed by atoms with Crippen molar-refractivity contribution in [2.24, 2.45) is 12.0 Å². The summed E-state index contributed by atoms with van der Waals surface area (Å²) in [5.74, 6) is -0.423. The van der Waals surface area contributed by atoms with E-state index in [4.69, 9.17) is 0 Å². The molecule has 0 radical (unpaired) electrons. The summed E-state index contributed by atoms with van der Waals surface area (Å²) in [6.07, 6.45) is 1.24. The van der Waals surface area contributed by atoms with Crippen LogP contribution < -0.4 is 11.2 Å². The summed E-state index contributed by atoms with van der Waals surface area (Å²) in [6, 6.07) is 17.4. The highest BCUT2D eigenvalue weighted by Crippen LogP contribution is 2.22. The second-order valence-corrected chi connectivity index (χ2v) is 5.23. The third kappa shape index (κ3) is 3.03. The minimum Gasteiger partial charge on any atom is -0.494 e. The maximum absolute atomic E-state index is 11.8. The second-order valence-electron chi connectivity index (χ2n) is 5.23. The van der Waals surface area contributed by atoms with Crippen LogP contribution in [-0.4, -0.2) is 20.9 Å². The Balaban J connectivity index is 1.90. The van der Waals surface area contributed by atoms with E-state index in [1.165, 1.54) is 13.3 Å². The Morgan fingerprint density at radius 2 is 1.62 bits per heavy atom. The molecular weight excluding hydrogens is 306 g/mol. The maximum Gasteiger partial charge on any atom is 0.330 e. The molecule has 24 heavy (non-hydrogen) atoms. The van der Waals surface area contributed by atoms with Crippen molar-refractivity contribution in [1.29, 1.82) is 0 Å². The van der Waals surface area contributed by atoms with Crippen molar-refractivity contribution >= 4 is 11.9 Å². The molecule has 6 nitrogen and oxygen atoms in total. The molecule has 3 aromatic rings. The number of nitrogens with zero attached hydrogens (tertiary/aromatic N) is 2. The van der Waals surface area contributed by atoms with Crippen molar-refractivity contribution in [1.82, 2.24) is 9.55 Å². The molecule has 1 aromatic heterocycles. The molecule has 0 aliphatic rings. The maximum atomic E-state index is 11.8. The summed E-state index contributed by atoms with van der Waals surface area (Å²) in [6.45, 7) is 0. The molecule has 0 bridgehead atoms. The average Bonchev–Trinajstić information content (AvgIpc) is 2.61. The van der Waals surface area contributed by atoms with Crippen molar-refractivity contribution in [2.75, 3.05) is 0 Å². The van der Waals surface area contributed by atoms with E-state index in [9.17, 15) is 14.7 Å². The first-order valence-electron chi connectivity index (χ1n) is 7.28. The molecule has 0 amide bonds. The van der Waals surface area contributed by atoms with Crippen LogP contribution in [0.15, 0.2) is 69.2 Å². The highest BCUT2D eigenvalue weighted by atomic mass is 16.3. The molecule has 0 saturated heterocycles. The Hall–Kier alpha value is -3.41. The van der Waals surface area contributed by atoms with E-state index in [1.54, 1.807) is 0 Å². The third-order valence-corrected chi connectivity index (χ3v) is 3.65. The molecule has 120 valence electrons. The van der Waals surface area contributed by atoms with Gasteiger partial charge in [0.25, 0.3) is 5.56 Å². The summed E-state index contributed by atoms with van der Waals surface area (Å²) < 4.78 is 0.946. The van der Waals surface area contributed by atoms with Crippen LogP contribution in [0.2, 0.25) is 0 Å². The lowest BCUT2D eigenvalue weighted by Crippen LogP contribution is -2.30. The van der Waals surface area contributed by atoms with Crippen molar-refractivity contribution in [3.63, 3.8) is 0 Å². The normalized spacial score (nSPS) is 11.0. The average molecular weight is 321 g/mol. The topological polar surface area (TPSA) is 87.4 Å². The number of aromatic amines is 1. The number of nitrogens with one attached hydrogen (secondary N) is 1. The van der Waals surface area contributed by atoms with Gasteiger partial charge >= 0.3 is 5.69 Å². The molecule has 2 aromatic carbocycles. The quantitative estimate of drug-likeness (QED) is 0.725. The van der Waals surface area contributed by atoms with E-state index < -0.39 is 17.1 Å². The molecule has 3 rings (SSSR count). The second kappa shape index (κ2) is 6.37. The predicted octanol–water partition coefficient (Wildman–Crippen LogP) is 2.20. The standard InChI is InChI=1S/C18H15N3O3/c1-21-17(23)15(16(22)20-18(21)24)11-19-14-9-7-13(8-10-14)12-5-3-2-4-6-12/h2-11,23H,1H3,(H,20,22,24). The molecule has 2 N–H and O–H groups in total. The molecule has 0 unspecified atom stereocenters. The number of benzene rings is 2. The van der Waals surface area contributed by atoms with Crippen LogP contribution in [0.5, 0.6) is 5.88 Å². The van der Waals surface area contributed by atoms with Gasteiger partial charge in [0.15, 0.2) is 0 Å².